The van der Waals surface area contributed by atoms with Crippen LogP contribution in [0.2, 0.25) is 0 Å². The zero-order valence-corrected chi connectivity index (χ0v) is 13.9. The van der Waals surface area contributed by atoms with Crippen LogP contribution in [-0.2, 0) is 6.54 Å². The van der Waals surface area contributed by atoms with Crippen molar-refractivity contribution < 1.29 is 9.90 Å². The van der Waals surface area contributed by atoms with E-state index in [1.165, 1.54) is 6.07 Å². The Morgan fingerprint density at radius 1 is 1.17 bits per heavy atom. The van der Waals surface area contributed by atoms with E-state index in [0.717, 1.165) is 5.56 Å². The van der Waals surface area contributed by atoms with E-state index in [-0.39, 0.29) is 30.2 Å². The smallest absolute Gasteiger partial charge is 0.319 e. The fourth-order valence-electron chi connectivity index (χ4n) is 2.16. The molecular formula is C18H23N3O3. The summed E-state index contributed by atoms with van der Waals surface area (Å²) in [6.07, 6.45) is 1.74. The summed E-state index contributed by atoms with van der Waals surface area (Å²) in [6, 6.07) is 11.9. The second kappa shape index (κ2) is 8.31. The van der Waals surface area contributed by atoms with Crippen molar-refractivity contribution in [1.29, 1.82) is 0 Å². The minimum absolute atomic E-state index is 0.0117. The monoisotopic (exact) mass is 329 g/mol. The molecule has 0 aliphatic carbocycles. The van der Waals surface area contributed by atoms with Gasteiger partial charge in [0.15, 0.2) is 0 Å². The highest BCUT2D eigenvalue weighted by Crippen LogP contribution is 2.10. The predicted molar refractivity (Wildman–Crippen MR) is 94.1 cm³/mol. The van der Waals surface area contributed by atoms with Crippen molar-refractivity contribution in [2.24, 2.45) is 5.92 Å². The van der Waals surface area contributed by atoms with Gasteiger partial charge in [-0.05, 0) is 36.6 Å². The average molecular weight is 329 g/mol. The Morgan fingerprint density at radius 3 is 2.50 bits per heavy atom. The maximum absolute atomic E-state index is 11.9. The van der Waals surface area contributed by atoms with Gasteiger partial charge in [-0.2, -0.15) is 0 Å². The molecule has 2 rings (SSSR count). The van der Waals surface area contributed by atoms with Gasteiger partial charge in [0.05, 0.1) is 6.54 Å². The summed E-state index contributed by atoms with van der Waals surface area (Å²) >= 11 is 0. The first kappa shape index (κ1) is 17.7. The number of benzene rings is 1. The van der Waals surface area contributed by atoms with Crippen molar-refractivity contribution in [3.8, 4) is 0 Å². The SMILES string of the molecule is C[C@H](CO)[C@H](C)NC(=O)Nc1ccc(Cn2ccccc2=O)cc1. The first-order valence-corrected chi connectivity index (χ1v) is 7.92. The summed E-state index contributed by atoms with van der Waals surface area (Å²) in [5.74, 6) is -0.0117. The fourth-order valence-corrected chi connectivity index (χ4v) is 2.16. The van der Waals surface area contributed by atoms with E-state index < -0.39 is 0 Å². The van der Waals surface area contributed by atoms with Crippen molar-refractivity contribution in [3.63, 3.8) is 0 Å². The highest BCUT2D eigenvalue weighted by Gasteiger charge is 2.13. The molecule has 2 amide bonds. The fraction of sp³-hybridized carbons (Fsp3) is 0.333. The van der Waals surface area contributed by atoms with Gasteiger partial charge in [0, 0.05) is 30.6 Å². The Balaban J connectivity index is 1.93. The highest BCUT2D eigenvalue weighted by molar-refractivity contribution is 5.89. The molecule has 0 fully saturated rings. The molecular weight excluding hydrogens is 306 g/mol. The van der Waals surface area contributed by atoms with Crippen LogP contribution in [0.15, 0.2) is 53.5 Å². The van der Waals surface area contributed by atoms with E-state index in [0.29, 0.717) is 12.2 Å². The predicted octanol–water partition coefficient (Wildman–Crippen LogP) is 2.04. The standard InChI is InChI=1S/C18H23N3O3/c1-13(12-22)14(2)19-18(24)20-16-8-6-15(7-9-16)11-21-10-4-3-5-17(21)23/h3-10,13-14,22H,11-12H2,1-2H3,(H2,19,20,24)/t13-,14+/m1/s1. The van der Waals surface area contributed by atoms with Crippen LogP contribution in [0.3, 0.4) is 0 Å². The number of pyridine rings is 1. The van der Waals surface area contributed by atoms with Crippen molar-refractivity contribution >= 4 is 11.7 Å². The summed E-state index contributed by atoms with van der Waals surface area (Å²) in [5.41, 5.74) is 1.59. The molecule has 0 saturated carbocycles. The first-order valence-electron chi connectivity index (χ1n) is 7.92. The van der Waals surface area contributed by atoms with Crippen LogP contribution in [0.1, 0.15) is 19.4 Å². The molecule has 2 atom stereocenters. The Morgan fingerprint density at radius 2 is 1.88 bits per heavy atom. The number of nitrogens with zero attached hydrogens (tertiary/aromatic N) is 1. The van der Waals surface area contributed by atoms with E-state index in [1.54, 1.807) is 29.0 Å². The Kier molecular flexibility index (Phi) is 6.14. The number of aliphatic hydroxyl groups excluding tert-OH is 1. The summed E-state index contributed by atoms with van der Waals surface area (Å²) in [4.78, 5) is 23.6. The maximum Gasteiger partial charge on any atom is 0.319 e. The van der Waals surface area contributed by atoms with Crippen molar-refractivity contribution in [1.82, 2.24) is 9.88 Å². The number of aromatic nitrogens is 1. The van der Waals surface area contributed by atoms with Crippen LogP contribution >= 0.6 is 0 Å². The number of rotatable bonds is 6. The average Bonchev–Trinajstić information content (AvgIpc) is 2.57. The van der Waals surface area contributed by atoms with Gasteiger partial charge in [-0.3, -0.25) is 4.79 Å². The molecule has 24 heavy (non-hydrogen) atoms. The lowest BCUT2D eigenvalue weighted by molar-refractivity contribution is 0.204. The lowest BCUT2D eigenvalue weighted by Crippen LogP contribution is -2.40. The minimum atomic E-state index is -0.310. The van der Waals surface area contributed by atoms with Crippen molar-refractivity contribution in [2.75, 3.05) is 11.9 Å². The van der Waals surface area contributed by atoms with E-state index in [1.807, 2.05) is 32.0 Å². The number of amides is 2. The topological polar surface area (TPSA) is 83.4 Å². The lowest BCUT2D eigenvalue weighted by Gasteiger charge is -2.19. The number of hydrogen-bond acceptors (Lipinski definition) is 3. The second-order valence-electron chi connectivity index (χ2n) is 5.91. The quantitative estimate of drug-likeness (QED) is 0.758. The van der Waals surface area contributed by atoms with Crippen molar-refractivity contribution in [2.45, 2.75) is 26.4 Å². The number of carbonyl (C=O) groups excluding carboxylic acids is 1. The maximum atomic E-state index is 11.9. The van der Waals surface area contributed by atoms with Crippen LogP contribution in [0.5, 0.6) is 0 Å². The molecule has 6 nitrogen and oxygen atoms in total. The molecule has 1 heterocycles. The van der Waals surface area contributed by atoms with Crippen LogP contribution in [0.25, 0.3) is 0 Å². The molecule has 0 aliphatic rings. The van der Waals surface area contributed by atoms with Crippen LogP contribution in [0, 0.1) is 5.92 Å². The number of aliphatic hydroxyl groups is 1. The van der Waals surface area contributed by atoms with E-state index in [2.05, 4.69) is 10.6 Å². The summed E-state index contributed by atoms with van der Waals surface area (Å²) in [7, 11) is 0. The lowest BCUT2D eigenvalue weighted by atomic mass is 10.1. The normalized spacial score (nSPS) is 13.1. The number of nitrogens with one attached hydrogen (secondary N) is 2. The molecule has 6 heteroatoms. The molecule has 0 radical (unpaired) electrons. The molecule has 3 N–H and O–H groups in total. The number of carbonyl (C=O) groups is 1. The molecule has 0 unspecified atom stereocenters. The number of anilines is 1. The number of urea groups is 1. The first-order chi connectivity index (χ1) is 11.5. The third-order valence-electron chi connectivity index (χ3n) is 3.96. The van der Waals surface area contributed by atoms with Crippen LogP contribution < -0.4 is 16.2 Å². The third kappa shape index (κ3) is 4.96. The van der Waals surface area contributed by atoms with Crippen LogP contribution in [0.4, 0.5) is 10.5 Å². The zero-order valence-electron chi connectivity index (χ0n) is 13.9. The third-order valence-corrected chi connectivity index (χ3v) is 3.96. The van der Waals surface area contributed by atoms with E-state index >= 15 is 0 Å². The van der Waals surface area contributed by atoms with Gasteiger partial charge in [-0.1, -0.05) is 25.1 Å². The van der Waals surface area contributed by atoms with Gasteiger partial charge in [-0.15, -0.1) is 0 Å². The second-order valence-corrected chi connectivity index (χ2v) is 5.91. The van der Waals surface area contributed by atoms with Crippen LogP contribution in [-0.4, -0.2) is 28.4 Å². The highest BCUT2D eigenvalue weighted by atomic mass is 16.3. The molecule has 128 valence electrons. The Hall–Kier alpha value is -2.60. The molecule has 0 bridgehead atoms. The zero-order chi connectivity index (χ0) is 17.5. The molecule has 0 aliphatic heterocycles. The summed E-state index contributed by atoms with van der Waals surface area (Å²) in [5, 5.41) is 14.6. The Bertz CT molecular complexity index is 725. The summed E-state index contributed by atoms with van der Waals surface area (Å²) < 4.78 is 1.62. The number of hydrogen-bond donors (Lipinski definition) is 3. The summed E-state index contributed by atoms with van der Waals surface area (Å²) in [6.45, 7) is 4.22. The van der Waals surface area contributed by atoms with Gasteiger partial charge in [0.2, 0.25) is 0 Å². The van der Waals surface area contributed by atoms with Gasteiger partial charge >= 0.3 is 6.03 Å². The molecule has 0 spiro atoms. The minimum Gasteiger partial charge on any atom is -0.396 e. The van der Waals surface area contributed by atoms with Gasteiger partial charge in [0.1, 0.15) is 0 Å². The van der Waals surface area contributed by atoms with E-state index in [9.17, 15) is 9.59 Å². The molecule has 2 aromatic rings. The van der Waals surface area contributed by atoms with Gasteiger partial charge in [-0.25, -0.2) is 4.79 Å². The van der Waals surface area contributed by atoms with Gasteiger partial charge in [0.25, 0.3) is 5.56 Å². The molecule has 0 saturated heterocycles. The largest absolute Gasteiger partial charge is 0.396 e. The Labute approximate surface area is 141 Å². The van der Waals surface area contributed by atoms with Crippen molar-refractivity contribution in [3.05, 3.63) is 64.6 Å². The molecule has 1 aromatic carbocycles. The van der Waals surface area contributed by atoms with Gasteiger partial charge < -0.3 is 20.3 Å². The van der Waals surface area contributed by atoms with E-state index in [4.69, 9.17) is 5.11 Å². The molecule has 1 aromatic heterocycles.